The van der Waals surface area contributed by atoms with Crippen LogP contribution in [0, 0.1) is 0 Å². The van der Waals surface area contributed by atoms with Crippen LogP contribution in [0.5, 0.6) is 0 Å². The van der Waals surface area contributed by atoms with Crippen LogP contribution in [0.4, 0.5) is 0 Å². The zero-order valence-electron chi connectivity index (χ0n) is 9.76. The van der Waals surface area contributed by atoms with Gasteiger partial charge in [-0.3, -0.25) is 0 Å². The van der Waals surface area contributed by atoms with Gasteiger partial charge in [-0.15, -0.1) is 0 Å². The van der Waals surface area contributed by atoms with Crippen molar-refractivity contribution in [2.24, 2.45) is 0 Å². The van der Waals surface area contributed by atoms with Gasteiger partial charge in [0.15, 0.2) is 0 Å². The van der Waals surface area contributed by atoms with Gasteiger partial charge < -0.3 is 14.8 Å². The topological polar surface area (TPSA) is 30.5 Å². The summed E-state index contributed by atoms with van der Waals surface area (Å²) in [5, 5.41) is 3.65. The minimum Gasteiger partial charge on any atom is -0.378 e. The monoisotopic (exact) mass is 213 g/mol. The van der Waals surface area contributed by atoms with Crippen molar-refractivity contribution in [1.29, 1.82) is 0 Å². The van der Waals surface area contributed by atoms with Crippen molar-refractivity contribution in [2.75, 3.05) is 26.9 Å². The van der Waals surface area contributed by atoms with E-state index in [2.05, 4.69) is 5.32 Å². The van der Waals surface area contributed by atoms with Gasteiger partial charge in [0.25, 0.3) is 0 Å². The third kappa shape index (κ3) is 2.92. The van der Waals surface area contributed by atoms with Crippen molar-refractivity contribution in [3.05, 3.63) is 0 Å². The van der Waals surface area contributed by atoms with Gasteiger partial charge in [0, 0.05) is 32.7 Å². The number of ether oxygens (including phenoxy) is 2. The van der Waals surface area contributed by atoms with Crippen LogP contribution in [0.1, 0.15) is 38.5 Å². The molecule has 0 bridgehead atoms. The van der Waals surface area contributed by atoms with E-state index in [-0.39, 0.29) is 5.60 Å². The zero-order chi connectivity index (χ0) is 10.6. The fourth-order valence-corrected chi connectivity index (χ4v) is 2.60. The Hall–Kier alpha value is -0.120. The fourth-order valence-electron chi connectivity index (χ4n) is 2.60. The molecule has 1 aliphatic heterocycles. The Kier molecular flexibility index (Phi) is 4.00. The van der Waals surface area contributed by atoms with Crippen LogP contribution in [0.15, 0.2) is 0 Å². The predicted molar refractivity (Wildman–Crippen MR) is 60.1 cm³/mol. The maximum Gasteiger partial charge on any atom is 0.106 e. The van der Waals surface area contributed by atoms with E-state index in [1.807, 2.05) is 0 Å². The quantitative estimate of drug-likeness (QED) is 0.771. The van der Waals surface area contributed by atoms with Crippen LogP contribution in [0.2, 0.25) is 0 Å². The Morgan fingerprint density at radius 1 is 1.33 bits per heavy atom. The first kappa shape index (κ1) is 11.4. The van der Waals surface area contributed by atoms with Crippen LogP contribution in [-0.4, -0.2) is 38.5 Å². The zero-order valence-corrected chi connectivity index (χ0v) is 9.76. The largest absolute Gasteiger partial charge is 0.378 e. The Labute approximate surface area is 92.5 Å². The van der Waals surface area contributed by atoms with Crippen molar-refractivity contribution < 1.29 is 9.47 Å². The molecule has 1 unspecified atom stereocenters. The predicted octanol–water partition coefficient (Wildman–Crippen LogP) is 1.71. The second-order valence-electron chi connectivity index (χ2n) is 4.91. The summed E-state index contributed by atoms with van der Waals surface area (Å²) in [6.45, 7) is 2.55. The number of methoxy groups -OCH3 is 1. The minimum atomic E-state index is -0.0442. The third-order valence-electron chi connectivity index (χ3n) is 3.82. The molecule has 3 heteroatoms. The standard InChI is InChI=1S/C12H23NO2/c1-14-12(7-8-15-10-12)9-13-11-5-3-2-4-6-11/h11,13H,2-10H2,1H3. The average Bonchev–Trinajstić information content (AvgIpc) is 2.77. The van der Waals surface area contributed by atoms with Crippen molar-refractivity contribution in [2.45, 2.75) is 50.2 Å². The maximum absolute atomic E-state index is 5.60. The van der Waals surface area contributed by atoms with Gasteiger partial charge in [-0.1, -0.05) is 19.3 Å². The van der Waals surface area contributed by atoms with E-state index >= 15 is 0 Å². The highest BCUT2D eigenvalue weighted by molar-refractivity contribution is 4.88. The van der Waals surface area contributed by atoms with Gasteiger partial charge in [0.05, 0.1) is 6.61 Å². The fraction of sp³-hybridized carbons (Fsp3) is 1.00. The van der Waals surface area contributed by atoms with E-state index in [1.165, 1.54) is 32.1 Å². The highest BCUT2D eigenvalue weighted by atomic mass is 16.5. The highest BCUT2D eigenvalue weighted by Gasteiger charge is 2.35. The van der Waals surface area contributed by atoms with Crippen LogP contribution in [-0.2, 0) is 9.47 Å². The molecule has 0 spiro atoms. The molecule has 3 nitrogen and oxygen atoms in total. The van der Waals surface area contributed by atoms with Crippen LogP contribution < -0.4 is 5.32 Å². The molecule has 0 aromatic heterocycles. The molecule has 2 aliphatic rings. The summed E-state index contributed by atoms with van der Waals surface area (Å²) in [6, 6.07) is 0.714. The Balaban J connectivity index is 1.75. The van der Waals surface area contributed by atoms with Gasteiger partial charge in [-0.25, -0.2) is 0 Å². The lowest BCUT2D eigenvalue weighted by molar-refractivity contribution is -0.0181. The minimum absolute atomic E-state index is 0.0442. The van der Waals surface area contributed by atoms with Gasteiger partial charge in [0.2, 0.25) is 0 Å². The van der Waals surface area contributed by atoms with E-state index < -0.39 is 0 Å². The van der Waals surface area contributed by atoms with Crippen LogP contribution in [0.25, 0.3) is 0 Å². The summed E-state index contributed by atoms with van der Waals surface area (Å²) >= 11 is 0. The third-order valence-corrected chi connectivity index (χ3v) is 3.82. The molecule has 1 saturated carbocycles. The smallest absolute Gasteiger partial charge is 0.106 e. The Bertz CT molecular complexity index is 184. The number of hydrogen-bond acceptors (Lipinski definition) is 3. The normalized spacial score (nSPS) is 33.4. The Morgan fingerprint density at radius 2 is 2.13 bits per heavy atom. The molecule has 15 heavy (non-hydrogen) atoms. The second kappa shape index (κ2) is 5.28. The number of nitrogens with one attached hydrogen (secondary N) is 1. The van der Waals surface area contributed by atoms with Gasteiger partial charge >= 0.3 is 0 Å². The first-order valence-corrected chi connectivity index (χ1v) is 6.21. The molecule has 2 rings (SSSR count). The lowest BCUT2D eigenvalue weighted by Crippen LogP contribution is -2.46. The summed E-state index contributed by atoms with van der Waals surface area (Å²) in [5.74, 6) is 0. The van der Waals surface area contributed by atoms with Crippen molar-refractivity contribution >= 4 is 0 Å². The molecule has 1 atom stereocenters. The van der Waals surface area contributed by atoms with E-state index in [9.17, 15) is 0 Å². The van der Waals surface area contributed by atoms with E-state index in [0.29, 0.717) is 6.04 Å². The average molecular weight is 213 g/mol. The summed E-state index contributed by atoms with van der Waals surface area (Å²) in [7, 11) is 1.80. The van der Waals surface area contributed by atoms with E-state index in [4.69, 9.17) is 9.47 Å². The van der Waals surface area contributed by atoms with Crippen LogP contribution >= 0.6 is 0 Å². The molecular weight excluding hydrogens is 190 g/mol. The second-order valence-corrected chi connectivity index (χ2v) is 4.91. The molecule has 0 radical (unpaired) electrons. The summed E-state index contributed by atoms with van der Waals surface area (Å²) in [4.78, 5) is 0. The van der Waals surface area contributed by atoms with Gasteiger partial charge in [-0.2, -0.15) is 0 Å². The SMILES string of the molecule is COC1(CNC2CCCCC2)CCOC1. The molecule has 0 amide bonds. The summed E-state index contributed by atoms with van der Waals surface area (Å²) < 4.78 is 11.0. The lowest BCUT2D eigenvalue weighted by atomic mass is 9.94. The highest BCUT2D eigenvalue weighted by Crippen LogP contribution is 2.23. The molecule has 1 N–H and O–H groups in total. The lowest BCUT2D eigenvalue weighted by Gasteiger charge is -2.30. The molecular formula is C12H23NO2. The first-order valence-electron chi connectivity index (χ1n) is 6.21. The van der Waals surface area contributed by atoms with Crippen molar-refractivity contribution in [3.63, 3.8) is 0 Å². The first-order chi connectivity index (χ1) is 7.35. The molecule has 2 fully saturated rings. The van der Waals surface area contributed by atoms with Crippen LogP contribution in [0.3, 0.4) is 0 Å². The van der Waals surface area contributed by atoms with E-state index in [0.717, 1.165) is 26.2 Å². The maximum atomic E-state index is 5.60. The molecule has 0 aromatic rings. The van der Waals surface area contributed by atoms with E-state index in [1.54, 1.807) is 7.11 Å². The molecule has 0 aromatic carbocycles. The number of hydrogen-bond donors (Lipinski definition) is 1. The summed E-state index contributed by atoms with van der Waals surface area (Å²) in [6.07, 6.45) is 7.88. The molecule has 1 heterocycles. The number of rotatable bonds is 4. The van der Waals surface area contributed by atoms with Crippen molar-refractivity contribution in [3.8, 4) is 0 Å². The van der Waals surface area contributed by atoms with Gasteiger partial charge in [0.1, 0.15) is 5.60 Å². The summed E-state index contributed by atoms with van der Waals surface area (Å²) in [5.41, 5.74) is -0.0442. The molecule has 1 saturated heterocycles. The molecule has 88 valence electrons. The molecule has 1 aliphatic carbocycles. The van der Waals surface area contributed by atoms with Crippen molar-refractivity contribution in [1.82, 2.24) is 5.32 Å². The van der Waals surface area contributed by atoms with Gasteiger partial charge in [-0.05, 0) is 12.8 Å². The Morgan fingerprint density at radius 3 is 2.73 bits per heavy atom.